The van der Waals surface area contributed by atoms with E-state index >= 15 is 0 Å². The van der Waals surface area contributed by atoms with Crippen molar-refractivity contribution in [3.05, 3.63) is 83.9 Å². The second-order valence-electron chi connectivity index (χ2n) is 7.67. The fourth-order valence-corrected chi connectivity index (χ4v) is 3.41. The first-order chi connectivity index (χ1) is 15.1. The number of carbonyl (C=O) groups excluding carboxylic acids is 2. The van der Waals surface area contributed by atoms with E-state index in [0.29, 0.717) is 30.5 Å². The van der Waals surface area contributed by atoms with Crippen LogP contribution in [0.5, 0.6) is 0 Å². The molecule has 1 aliphatic rings. The zero-order chi connectivity index (χ0) is 21.7. The molecule has 7 nitrogen and oxygen atoms in total. The second-order valence-corrected chi connectivity index (χ2v) is 7.67. The molecule has 0 radical (unpaired) electrons. The number of carbonyl (C=O) groups is 2. The number of rotatable bonds is 8. The van der Waals surface area contributed by atoms with Gasteiger partial charge in [-0.3, -0.25) is 9.59 Å². The summed E-state index contributed by atoms with van der Waals surface area (Å²) in [5.41, 5.74) is 2.94. The van der Waals surface area contributed by atoms with Crippen molar-refractivity contribution in [3.8, 4) is 6.07 Å². The number of anilines is 2. The van der Waals surface area contributed by atoms with Crippen LogP contribution in [-0.4, -0.2) is 21.7 Å². The number of nitrogens with one attached hydrogen (secondary N) is 2. The summed E-state index contributed by atoms with van der Waals surface area (Å²) in [5.74, 6) is -0.204. The Morgan fingerprint density at radius 3 is 2.42 bits per heavy atom. The highest BCUT2D eigenvalue weighted by Crippen LogP contribution is 2.49. The fraction of sp³-hybridized carbons (Fsp3) is 0.208. The minimum Gasteiger partial charge on any atom is -0.354 e. The monoisotopic (exact) mass is 411 g/mol. The number of hydrogen-bond acceptors (Lipinski definition) is 6. The molecule has 3 aromatic rings. The van der Waals surface area contributed by atoms with E-state index in [-0.39, 0.29) is 18.1 Å². The summed E-state index contributed by atoms with van der Waals surface area (Å²) < 4.78 is 0. The molecule has 1 fully saturated rings. The molecule has 0 aliphatic heterocycles. The van der Waals surface area contributed by atoms with Gasteiger partial charge in [-0.1, -0.05) is 24.3 Å². The lowest BCUT2D eigenvalue weighted by molar-refractivity contribution is -0.126. The van der Waals surface area contributed by atoms with Crippen LogP contribution in [-0.2, 0) is 11.3 Å². The van der Waals surface area contributed by atoms with Crippen molar-refractivity contribution >= 4 is 23.1 Å². The molecule has 0 atom stereocenters. The predicted molar refractivity (Wildman–Crippen MR) is 115 cm³/mol. The highest BCUT2D eigenvalue weighted by atomic mass is 16.2. The van der Waals surface area contributed by atoms with Gasteiger partial charge >= 0.3 is 0 Å². The Labute approximate surface area is 180 Å². The van der Waals surface area contributed by atoms with E-state index in [9.17, 15) is 14.9 Å². The first-order valence-corrected chi connectivity index (χ1v) is 10.0. The maximum absolute atomic E-state index is 12.7. The molecule has 4 rings (SSSR count). The van der Waals surface area contributed by atoms with Gasteiger partial charge in [0.05, 0.1) is 22.2 Å². The van der Waals surface area contributed by atoms with Crippen LogP contribution in [0.3, 0.4) is 0 Å². The summed E-state index contributed by atoms with van der Waals surface area (Å²) in [7, 11) is 0. The standard InChI is InChI=1S/C24H21N5O2/c25-12-18-3-1-2-4-21(18)29-20-7-5-17(6-8-20)13-28-23(31)24(9-10-24)11-22(30)19-14-26-16-27-15-19/h1-8,14-16,29H,9-11,13H2,(H,28,31). The fourth-order valence-electron chi connectivity index (χ4n) is 3.41. The first-order valence-electron chi connectivity index (χ1n) is 10.0. The molecule has 1 amide bonds. The van der Waals surface area contributed by atoms with Crippen LogP contribution in [0, 0.1) is 16.7 Å². The molecule has 7 heteroatoms. The van der Waals surface area contributed by atoms with Crippen molar-refractivity contribution in [2.75, 3.05) is 5.32 Å². The molecule has 0 saturated heterocycles. The Bertz CT molecular complexity index is 1130. The smallest absolute Gasteiger partial charge is 0.226 e. The van der Waals surface area contributed by atoms with Gasteiger partial charge in [0.2, 0.25) is 5.91 Å². The van der Waals surface area contributed by atoms with E-state index < -0.39 is 5.41 Å². The summed E-state index contributed by atoms with van der Waals surface area (Å²) >= 11 is 0. The molecule has 0 unspecified atom stereocenters. The largest absolute Gasteiger partial charge is 0.354 e. The molecule has 2 aromatic carbocycles. The molecule has 0 bridgehead atoms. The van der Waals surface area contributed by atoms with E-state index in [1.807, 2.05) is 42.5 Å². The SMILES string of the molecule is N#Cc1ccccc1Nc1ccc(CNC(=O)C2(CC(=O)c3cncnc3)CC2)cc1. The third kappa shape index (κ3) is 4.75. The van der Waals surface area contributed by atoms with E-state index in [1.54, 1.807) is 6.07 Å². The van der Waals surface area contributed by atoms with Crippen molar-refractivity contribution in [2.24, 2.45) is 5.41 Å². The van der Waals surface area contributed by atoms with E-state index in [1.165, 1.54) is 18.7 Å². The van der Waals surface area contributed by atoms with Crippen LogP contribution in [0.4, 0.5) is 11.4 Å². The maximum atomic E-state index is 12.7. The molecule has 1 heterocycles. The molecule has 154 valence electrons. The van der Waals surface area contributed by atoms with Crippen LogP contribution in [0.15, 0.2) is 67.3 Å². The van der Waals surface area contributed by atoms with Gasteiger partial charge in [-0.05, 0) is 42.7 Å². The molecule has 1 aliphatic carbocycles. The molecule has 2 N–H and O–H groups in total. The summed E-state index contributed by atoms with van der Waals surface area (Å²) in [6.45, 7) is 0.387. The summed E-state index contributed by atoms with van der Waals surface area (Å²) in [6, 6.07) is 17.1. The Hall–Kier alpha value is -4.05. The number of para-hydroxylation sites is 1. The number of nitrogens with zero attached hydrogens (tertiary/aromatic N) is 3. The number of ketones is 1. The first kappa shape index (κ1) is 20.2. The number of aromatic nitrogens is 2. The van der Waals surface area contributed by atoms with E-state index in [2.05, 4.69) is 26.7 Å². The van der Waals surface area contributed by atoms with Crippen molar-refractivity contribution in [2.45, 2.75) is 25.8 Å². The Balaban J connectivity index is 1.32. The molecular weight excluding hydrogens is 390 g/mol. The Kier molecular flexibility index (Phi) is 5.72. The predicted octanol–water partition coefficient (Wildman–Crippen LogP) is 3.76. The number of benzene rings is 2. The Morgan fingerprint density at radius 1 is 1.03 bits per heavy atom. The molecule has 1 saturated carbocycles. The quantitative estimate of drug-likeness (QED) is 0.547. The van der Waals surface area contributed by atoms with E-state index in [0.717, 1.165) is 16.9 Å². The van der Waals surface area contributed by atoms with Crippen molar-refractivity contribution in [1.82, 2.24) is 15.3 Å². The lowest BCUT2D eigenvalue weighted by atomic mass is 9.95. The van der Waals surface area contributed by atoms with Gasteiger partial charge in [-0.15, -0.1) is 0 Å². The Morgan fingerprint density at radius 2 is 1.74 bits per heavy atom. The molecule has 0 spiro atoms. The third-order valence-corrected chi connectivity index (χ3v) is 5.45. The third-order valence-electron chi connectivity index (χ3n) is 5.45. The van der Waals surface area contributed by atoms with Crippen LogP contribution in [0.2, 0.25) is 0 Å². The number of nitriles is 1. The van der Waals surface area contributed by atoms with Gasteiger partial charge in [0.15, 0.2) is 5.78 Å². The van der Waals surface area contributed by atoms with Crippen LogP contribution in [0.1, 0.15) is 40.7 Å². The zero-order valence-corrected chi connectivity index (χ0v) is 16.8. The lowest BCUT2D eigenvalue weighted by Gasteiger charge is -2.15. The highest BCUT2D eigenvalue weighted by molar-refractivity contribution is 6.00. The summed E-state index contributed by atoms with van der Waals surface area (Å²) in [4.78, 5) is 32.9. The molecular formula is C24H21N5O2. The average molecular weight is 411 g/mol. The van der Waals surface area contributed by atoms with Gasteiger partial charge in [0.25, 0.3) is 0 Å². The van der Waals surface area contributed by atoms with Crippen LogP contribution >= 0.6 is 0 Å². The van der Waals surface area contributed by atoms with E-state index in [4.69, 9.17) is 0 Å². The van der Waals surface area contributed by atoms with Gasteiger partial charge in [-0.2, -0.15) is 5.26 Å². The van der Waals surface area contributed by atoms with Crippen LogP contribution < -0.4 is 10.6 Å². The minimum atomic E-state index is -0.616. The van der Waals surface area contributed by atoms with Crippen molar-refractivity contribution in [3.63, 3.8) is 0 Å². The number of hydrogen-bond donors (Lipinski definition) is 2. The van der Waals surface area contributed by atoms with Gasteiger partial charge in [-0.25, -0.2) is 9.97 Å². The molecule has 1 aromatic heterocycles. The maximum Gasteiger partial charge on any atom is 0.226 e. The van der Waals surface area contributed by atoms with Gasteiger partial charge in [0.1, 0.15) is 12.4 Å². The van der Waals surface area contributed by atoms with Crippen LogP contribution in [0.25, 0.3) is 0 Å². The summed E-state index contributed by atoms with van der Waals surface area (Å²) in [6.07, 6.45) is 5.92. The van der Waals surface area contributed by atoms with Gasteiger partial charge < -0.3 is 10.6 Å². The van der Waals surface area contributed by atoms with Crippen molar-refractivity contribution < 1.29 is 9.59 Å². The zero-order valence-electron chi connectivity index (χ0n) is 16.8. The van der Waals surface area contributed by atoms with Gasteiger partial charge in [0, 0.05) is 31.0 Å². The lowest BCUT2D eigenvalue weighted by Crippen LogP contribution is -2.33. The topological polar surface area (TPSA) is 108 Å². The van der Waals surface area contributed by atoms with Crippen molar-refractivity contribution in [1.29, 1.82) is 5.26 Å². The molecule has 31 heavy (non-hydrogen) atoms. The normalized spacial score (nSPS) is 13.6. The number of Topliss-reactive ketones (excluding diaryl/α,β-unsaturated/α-hetero) is 1. The average Bonchev–Trinajstić information content (AvgIpc) is 3.60. The highest BCUT2D eigenvalue weighted by Gasteiger charge is 2.50. The minimum absolute atomic E-state index is 0.0946. The number of amides is 1. The second kappa shape index (κ2) is 8.76. The summed E-state index contributed by atoms with van der Waals surface area (Å²) in [5, 5.41) is 15.4.